The summed E-state index contributed by atoms with van der Waals surface area (Å²) in [6.07, 6.45) is 3.29. The van der Waals surface area contributed by atoms with E-state index < -0.39 is 0 Å². The Hall–Kier alpha value is -1.99. The van der Waals surface area contributed by atoms with Crippen molar-refractivity contribution in [3.8, 4) is 0 Å². The summed E-state index contributed by atoms with van der Waals surface area (Å²) in [7, 11) is 0. The summed E-state index contributed by atoms with van der Waals surface area (Å²) in [6, 6.07) is 3.35. The zero-order valence-electron chi connectivity index (χ0n) is 14.8. The van der Waals surface area contributed by atoms with Crippen molar-refractivity contribution in [2.24, 2.45) is 0 Å². The molecular formula is C18H25N5O2. The number of hydrogen-bond acceptors (Lipinski definition) is 6. The molecular weight excluding hydrogens is 318 g/mol. The van der Waals surface area contributed by atoms with E-state index in [2.05, 4.69) is 19.9 Å². The topological polar surface area (TPSA) is 67.4 Å². The molecule has 0 saturated carbocycles. The Bertz CT molecular complexity index is 768. The molecule has 2 aromatic rings. The molecule has 4 rings (SSSR count). The second-order valence-electron chi connectivity index (χ2n) is 6.98. The fourth-order valence-electron chi connectivity index (χ4n) is 3.62. The van der Waals surface area contributed by atoms with Gasteiger partial charge in [-0.3, -0.25) is 14.6 Å². The lowest BCUT2D eigenvalue weighted by molar-refractivity contribution is 0.115. The third kappa shape index (κ3) is 3.82. The smallest absolute Gasteiger partial charge is 0.266 e. The first-order valence-corrected chi connectivity index (χ1v) is 9.14. The van der Waals surface area contributed by atoms with Crippen molar-refractivity contribution < 1.29 is 4.42 Å². The van der Waals surface area contributed by atoms with E-state index >= 15 is 0 Å². The molecule has 0 atom stereocenters. The third-order valence-corrected chi connectivity index (χ3v) is 5.09. The second kappa shape index (κ2) is 7.09. The van der Waals surface area contributed by atoms with Crippen LogP contribution in [0.1, 0.15) is 29.5 Å². The van der Waals surface area contributed by atoms with Crippen molar-refractivity contribution in [1.82, 2.24) is 24.6 Å². The second-order valence-corrected chi connectivity index (χ2v) is 6.98. The Balaban J connectivity index is 1.25. The fourth-order valence-corrected chi connectivity index (χ4v) is 3.62. The largest absolute Gasteiger partial charge is 0.444 e. The summed E-state index contributed by atoms with van der Waals surface area (Å²) in [6.45, 7) is 8.23. The number of rotatable bonds is 5. The number of fused-ring (bicyclic) bond motifs is 1. The van der Waals surface area contributed by atoms with E-state index in [0.717, 1.165) is 69.5 Å². The highest BCUT2D eigenvalue weighted by molar-refractivity contribution is 5.15. The maximum Gasteiger partial charge on any atom is 0.266 e. The van der Waals surface area contributed by atoms with Crippen molar-refractivity contribution in [2.45, 2.75) is 39.3 Å². The van der Waals surface area contributed by atoms with Crippen LogP contribution in [0.2, 0.25) is 0 Å². The molecule has 0 amide bonds. The van der Waals surface area contributed by atoms with Crippen LogP contribution in [-0.4, -0.2) is 57.3 Å². The molecule has 1 aliphatic heterocycles. The number of nitrogens with zero attached hydrogens (tertiary/aromatic N) is 5. The minimum atomic E-state index is -0.0267. The number of oxazole rings is 1. The molecule has 3 heterocycles. The molecule has 0 aromatic carbocycles. The van der Waals surface area contributed by atoms with E-state index in [1.807, 2.05) is 6.92 Å². The van der Waals surface area contributed by atoms with E-state index in [9.17, 15) is 4.79 Å². The zero-order valence-corrected chi connectivity index (χ0v) is 14.8. The maximum atomic E-state index is 11.8. The normalized spacial score (nSPS) is 18.6. The van der Waals surface area contributed by atoms with Crippen molar-refractivity contribution in [3.63, 3.8) is 0 Å². The number of piperazine rings is 1. The Kier molecular flexibility index (Phi) is 4.67. The van der Waals surface area contributed by atoms with Crippen LogP contribution in [0.4, 0.5) is 0 Å². The van der Waals surface area contributed by atoms with Gasteiger partial charge in [-0.2, -0.15) is 5.10 Å². The van der Waals surface area contributed by atoms with Crippen LogP contribution in [0.15, 0.2) is 21.3 Å². The van der Waals surface area contributed by atoms with Gasteiger partial charge in [0.1, 0.15) is 5.76 Å². The van der Waals surface area contributed by atoms with Crippen LogP contribution < -0.4 is 5.56 Å². The molecule has 0 unspecified atom stereocenters. The van der Waals surface area contributed by atoms with E-state index in [1.54, 1.807) is 16.8 Å². The summed E-state index contributed by atoms with van der Waals surface area (Å²) >= 11 is 0. The van der Waals surface area contributed by atoms with Gasteiger partial charge in [0, 0.05) is 45.2 Å². The zero-order chi connectivity index (χ0) is 17.2. The molecule has 0 N–H and O–H groups in total. The van der Waals surface area contributed by atoms with Crippen molar-refractivity contribution in [1.29, 1.82) is 0 Å². The first-order chi connectivity index (χ1) is 12.2. The molecule has 134 valence electrons. The Morgan fingerprint density at radius 2 is 1.88 bits per heavy atom. The molecule has 7 nitrogen and oxygen atoms in total. The molecule has 0 bridgehead atoms. The predicted molar refractivity (Wildman–Crippen MR) is 93.5 cm³/mol. The number of aryl methyl sites for hydroxylation is 3. The first kappa shape index (κ1) is 16.5. The van der Waals surface area contributed by atoms with Gasteiger partial charge in [-0.1, -0.05) is 0 Å². The highest BCUT2D eigenvalue weighted by Gasteiger charge is 2.22. The molecule has 7 heteroatoms. The third-order valence-electron chi connectivity index (χ3n) is 5.09. The van der Waals surface area contributed by atoms with Crippen LogP contribution in [-0.2, 0) is 25.9 Å². The van der Waals surface area contributed by atoms with Gasteiger partial charge in [0.05, 0.1) is 24.5 Å². The Labute approximate surface area is 147 Å². The average molecular weight is 343 g/mol. The summed E-state index contributed by atoms with van der Waals surface area (Å²) < 4.78 is 7.44. The SMILES string of the molecule is Cc1ccc(=O)n(CCN2CCN(Cc3nc4c(o3)CCC4)CC2)n1. The van der Waals surface area contributed by atoms with Crippen molar-refractivity contribution >= 4 is 0 Å². The number of hydrogen-bond donors (Lipinski definition) is 0. The monoisotopic (exact) mass is 343 g/mol. The molecule has 2 aliphatic rings. The quantitative estimate of drug-likeness (QED) is 0.802. The molecule has 1 fully saturated rings. The summed E-state index contributed by atoms with van der Waals surface area (Å²) in [4.78, 5) is 21.2. The molecule has 0 radical (unpaired) electrons. The van der Waals surface area contributed by atoms with Gasteiger partial charge >= 0.3 is 0 Å². The first-order valence-electron chi connectivity index (χ1n) is 9.14. The van der Waals surface area contributed by atoms with Gasteiger partial charge < -0.3 is 4.42 Å². The predicted octanol–water partition coefficient (Wildman–Crippen LogP) is 0.846. The van der Waals surface area contributed by atoms with E-state index in [1.165, 1.54) is 12.1 Å². The lowest BCUT2D eigenvalue weighted by Gasteiger charge is -2.33. The van der Waals surface area contributed by atoms with Crippen LogP contribution in [0.3, 0.4) is 0 Å². The van der Waals surface area contributed by atoms with Gasteiger partial charge in [0.25, 0.3) is 5.56 Å². The summed E-state index contributed by atoms with van der Waals surface area (Å²) in [5.74, 6) is 1.97. The van der Waals surface area contributed by atoms with Crippen LogP contribution in [0.25, 0.3) is 0 Å². The van der Waals surface area contributed by atoms with E-state index in [0.29, 0.717) is 6.54 Å². The molecule has 0 spiro atoms. The maximum absolute atomic E-state index is 11.8. The highest BCUT2D eigenvalue weighted by atomic mass is 16.4. The highest BCUT2D eigenvalue weighted by Crippen LogP contribution is 2.23. The van der Waals surface area contributed by atoms with Gasteiger partial charge in [-0.15, -0.1) is 0 Å². The summed E-state index contributed by atoms with van der Waals surface area (Å²) in [5.41, 5.74) is 2.02. The van der Waals surface area contributed by atoms with Gasteiger partial charge in [-0.25, -0.2) is 9.67 Å². The minimum absolute atomic E-state index is 0.0267. The minimum Gasteiger partial charge on any atom is -0.444 e. The molecule has 25 heavy (non-hydrogen) atoms. The molecule has 2 aromatic heterocycles. The lowest BCUT2D eigenvalue weighted by atomic mass is 10.3. The van der Waals surface area contributed by atoms with Crippen molar-refractivity contribution in [3.05, 3.63) is 45.5 Å². The van der Waals surface area contributed by atoms with Crippen molar-refractivity contribution in [2.75, 3.05) is 32.7 Å². The van der Waals surface area contributed by atoms with E-state index in [-0.39, 0.29) is 5.56 Å². The van der Waals surface area contributed by atoms with Crippen LogP contribution >= 0.6 is 0 Å². The lowest BCUT2D eigenvalue weighted by Crippen LogP contribution is -2.47. The number of aromatic nitrogens is 3. The Morgan fingerprint density at radius 1 is 1.08 bits per heavy atom. The van der Waals surface area contributed by atoms with E-state index in [4.69, 9.17) is 4.42 Å². The van der Waals surface area contributed by atoms with Crippen LogP contribution in [0.5, 0.6) is 0 Å². The van der Waals surface area contributed by atoms with Gasteiger partial charge in [0.2, 0.25) is 5.89 Å². The van der Waals surface area contributed by atoms with Gasteiger partial charge in [-0.05, 0) is 25.8 Å². The summed E-state index contributed by atoms with van der Waals surface area (Å²) in [5, 5.41) is 4.30. The van der Waals surface area contributed by atoms with Gasteiger partial charge in [0.15, 0.2) is 0 Å². The molecule has 1 aliphatic carbocycles. The molecule has 1 saturated heterocycles. The fraction of sp³-hybridized carbons (Fsp3) is 0.611. The van der Waals surface area contributed by atoms with Crippen LogP contribution in [0, 0.1) is 6.92 Å². The Morgan fingerprint density at radius 3 is 2.68 bits per heavy atom. The average Bonchev–Trinajstić information content (AvgIpc) is 3.18. The standard InChI is InChI=1S/C18H25N5O2/c1-14-5-6-18(24)23(20-14)12-11-21-7-9-22(10-8-21)13-17-19-15-3-2-4-16(15)25-17/h5-6H,2-4,7-13H2,1H3.